The van der Waals surface area contributed by atoms with Crippen molar-refractivity contribution in [3.05, 3.63) is 77.9 Å². The first kappa shape index (κ1) is 20.2. The highest BCUT2D eigenvalue weighted by atomic mass is 16.5. The molecule has 0 radical (unpaired) electrons. The maximum atomic E-state index is 13.0. The standard InChI is InChI=1S/C22H26N2O3/c1-6-14-27-19-12-10-17(11-13-19)20(25)23-24(22(3,4)5)21(26)18-9-7-8-16(2)15-18/h6-13,15H,1,14H2,2-5H3,(H,23,25). The first-order valence-electron chi connectivity index (χ1n) is 8.78. The molecule has 0 spiro atoms. The molecule has 2 aromatic carbocycles. The summed E-state index contributed by atoms with van der Waals surface area (Å²) in [4.78, 5) is 25.6. The van der Waals surface area contributed by atoms with Gasteiger partial charge in [0.2, 0.25) is 0 Å². The van der Waals surface area contributed by atoms with Crippen molar-refractivity contribution in [3.63, 3.8) is 0 Å². The highest BCUT2D eigenvalue weighted by Gasteiger charge is 2.29. The lowest BCUT2D eigenvalue weighted by Gasteiger charge is -2.35. The molecule has 0 bridgehead atoms. The molecular formula is C22H26N2O3. The van der Waals surface area contributed by atoms with Crippen molar-refractivity contribution < 1.29 is 14.3 Å². The van der Waals surface area contributed by atoms with Gasteiger partial charge in [0.15, 0.2) is 0 Å². The minimum Gasteiger partial charge on any atom is -0.490 e. The number of carbonyl (C=O) groups excluding carboxylic acids is 2. The van der Waals surface area contributed by atoms with E-state index >= 15 is 0 Å². The Morgan fingerprint density at radius 3 is 2.33 bits per heavy atom. The lowest BCUT2D eigenvalue weighted by Crippen LogP contribution is -2.55. The van der Waals surface area contributed by atoms with Crippen molar-refractivity contribution in [2.75, 3.05) is 6.61 Å². The molecule has 0 heterocycles. The molecular weight excluding hydrogens is 340 g/mol. The third-order valence-corrected chi connectivity index (χ3v) is 3.84. The maximum absolute atomic E-state index is 13.0. The summed E-state index contributed by atoms with van der Waals surface area (Å²) in [5.74, 6) is 0.0293. The van der Waals surface area contributed by atoms with E-state index in [2.05, 4.69) is 12.0 Å². The van der Waals surface area contributed by atoms with Gasteiger partial charge in [-0.25, -0.2) is 5.01 Å². The van der Waals surface area contributed by atoms with E-state index in [1.54, 1.807) is 42.5 Å². The number of nitrogens with one attached hydrogen (secondary N) is 1. The quantitative estimate of drug-likeness (QED) is 0.639. The van der Waals surface area contributed by atoms with Crippen LogP contribution in [0.1, 0.15) is 47.1 Å². The highest BCUT2D eigenvalue weighted by molar-refractivity contribution is 5.99. The van der Waals surface area contributed by atoms with Crippen molar-refractivity contribution in [1.82, 2.24) is 10.4 Å². The monoisotopic (exact) mass is 366 g/mol. The molecule has 5 nitrogen and oxygen atoms in total. The lowest BCUT2D eigenvalue weighted by atomic mass is 10.1. The van der Waals surface area contributed by atoms with E-state index in [4.69, 9.17) is 4.74 Å². The highest BCUT2D eigenvalue weighted by Crippen LogP contribution is 2.17. The average molecular weight is 366 g/mol. The van der Waals surface area contributed by atoms with Gasteiger partial charge in [0.05, 0.1) is 5.54 Å². The van der Waals surface area contributed by atoms with Crippen molar-refractivity contribution in [2.24, 2.45) is 0 Å². The number of hydrogen-bond donors (Lipinski definition) is 1. The predicted octanol–water partition coefficient (Wildman–Crippen LogP) is 4.15. The summed E-state index contributed by atoms with van der Waals surface area (Å²) in [5, 5.41) is 1.37. The number of amides is 2. The third-order valence-electron chi connectivity index (χ3n) is 3.84. The topological polar surface area (TPSA) is 58.6 Å². The SMILES string of the molecule is C=CCOc1ccc(C(=O)NN(C(=O)c2cccc(C)c2)C(C)(C)C)cc1. The fraction of sp³-hybridized carbons (Fsp3) is 0.273. The van der Waals surface area contributed by atoms with E-state index in [1.165, 1.54) is 5.01 Å². The molecule has 0 atom stereocenters. The largest absolute Gasteiger partial charge is 0.490 e. The number of carbonyl (C=O) groups is 2. The van der Waals surface area contributed by atoms with Crippen LogP contribution < -0.4 is 10.2 Å². The van der Waals surface area contributed by atoms with Crippen LogP contribution >= 0.6 is 0 Å². The first-order chi connectivity index (χ1) is 12.7. The summed E-state index contributed by atoms with van der Waals surface area (Å²) >= 11 is 0. The summed E-state index contributed by atoms with van der Waals surface area (Å²) in [5.41, 5.74) is 4.09. The van der Waals surface area contributed by atoms with Gasteiger partial charge in [-0.05, 0) is 64.1 Å². The molecule has 27 heavy (non-hydrogen) atoms. The molecule has 2 rings (SSSR count). The summed E-state index contributed by atoms with van der Waals surface area (Å²) in [6.45, 7) is 11.5. The fourth-order valence-corrected chi connectivity index (χ4v) is 2.45. The molecule has 0 aliphatic heterocycles. The maximum Gasteiger partial charge on any atom is 0.272 e. The Hall–Kier alpha value is -3.08. The molecule has 0 aliphatic rings. The molecule has 0 saturated heterocycles. The molecule has 0 aromatic heterocycles. The van der Waals surface area contributed by atoms with Crippen molar-refractivity contribution in [1.29, 1.82) is 0 Å². The van der Waals surface area contributed by atoms with Crippen molar-refractivity contribution >= 4 is 11.8 Å². The first-order valence-corrected chi connectivity index (χ1v) is 8.78. The smallest absolute Gasteiger partial charge is 0.272 e. The molecule has 5 heteroatoms. The normalized spacial score (nSPS) is 10.8. The Labute approximate surface area is 160 Å². The summed E-state index contributed by atoms with van der Waals surface area (Å²) in [6, 6.07) is 14.0. The van der Waals surface area contributed by atoms with Crippen LogP contribution in [0.4, 0.5) is 0 Å². The van der Waals surface area contributed by atoms with Gasteiger partial charge in [0, 0.05) is 11.1 Å². The zero-order chi connectivity index (χ0) is 20.0. The molecule has 0 unspecified atom stereocenters. The van der Waals surface area contributed by atoms with E-state index in [9.17, 15) is 9.59 Å². The lowest BCUT2D eigenvalue weighted by molar-refractivity contribution is 0.0358. The van der Waals surface area contributed by atoms with Crippen molar-refractivity contribution in [2.45, 2.75) is 33.2 Å². The fourth-order valence-electron chi connectivity index (χ4n) is 2.45. The average Bonchev–Trinajstić information content (AvgIpc) is 2.63. The second-order valence-electron chi connectivity index (χ2n) is 7.25. The number of aryl methyl sites for hydroxylation is 1. The Morgan fingerprint density at radius 1 is 1.11 bits per heavy atom. The van der Waals surface area contributed by atoms with Crippen LogP contribution in [-0.4, -0.2) is 29.0 Å². The third kappa shape index (κ3) is 5.45. The molecule has 1 N–H and O–H groups in total. The molecule has 142 valence electrons. The van der Waals surface area contributed by atoms with Gasteiger partial charge < -0.3 is 4.74 Å². The van der Waals surface area contributed by atoms with Gasteiger partial charge in [-0.2, -0.15) is 0 Å². The van der Waals surface area contributed by atoms with Crippen LogP contribution in [0.3, 0.4) is 0 Å². The predicted molar refractivity (Wildman–Crippen MR) is 107 cm³/mol. The van der Waals surface area contributed by atoms with Crippen LogP contribution in [0.15, 0.2) is 61.2 Å². The molecule has 2 amide bonds. The zero-order valence-corrected chi connectivity index (χ0v) is 16.3. The van der Waals surface area contributed by atoms with Crippen LogP contribution in [-0.2, 0) is 0 Å². The van der Waals surface area contributed by atoms with Gasteiger partial charge in [0.25, 0.3) is 11.8 Å². The van der Waals surface area contributed by atoms with Crippen LogP contribution in [0.5, 0.6) is 5.75 Å². The molecule has 0 aliphatic carbocycles. The van der Waals surface area contributed by atoms with Crippen LogP contribution in [0, 0.1) is 6.92 Å². The van der Waals surface area contributed by atoms with Crippen molar-refractivity contribution in [3.8, 4) is 5.75 Å². The Balaban J connectivity index is 2.19. The minimum absolute atomic E-state index is 0.259. The van der Waals surface area contributed by atoms with Gasteiger partial charge in [-0.3, -0.25) is 15.0 Å². The van der Waals surface area contributed by atoms with E-state index in [0.717, 1.165) is 5.56 Å². The summed E-state index contributed by atoms with van der Waals surface area (Å²) in [7, 11) is 0. The second-order valence-corrected chi connectivity index (χ2v) is 7.25. The summed E-state index contributed by atoms with van der Waals surface area (Å²) in [6.07, 6.45) is 1.65. The van der Waals surface area contributed by atoms with Gasteiger partial charge in [-0.1, -0.05) is 30.4 Å². The number of rotatable bonds is 5. The number of ether oxygens (including phenoxy) is 1. The van der Waals surface area contributed by atoms with E-state index in [1.807, 2.05) is 39.8 Å². The van der Waals surface area contributed by atoms with E-state index < -0.39 is 5.54 Å². The molecule has 0 saturated carbocycles. The van der Waals surface area contributed by atoms with Gasteiger partial charge in [-0.15, -0.1) is 0 Å². The van der Waals surface area contributed by atoms with Gasteiger partial charge >= 0.3 is 0 Å². The van der Waals surface area contributed by atoms with Crippen LogP contribution in [0.2, 0.25) is 0 Å². The number of nitrogens with zero attached hydrogens (tertiary/aromatic N) is 1. The zero-order valence-electron chi connectivity index (χ0n) is 16.3. The molecule has 0 fully saturated rings. The second kappa shape index (κ2) is 8.54. The Kier molecular flexibility index (Phi) is 6.40. The van der Waals surface area contributed by atoms with E-state index in [-0.39, 0.29) is 11.8 Å². The molecule has 2 aromatic rings. The van der Waals surface area contributed by atoms with E-state index in [0.29, 0.717) is 23.5 Å². The Morgan fingerprint density at radius 2 is 1.78 bits per heavy atom. The Bertz CT molecular complexity index is 820. The number of benzene rings is 2. The number of hydrazine groups is 1. The van der Waals surface area contributed by atoms with Gasteiger partial charge in [0.1, 0.15) is 12.4 Å². The van der Waals surface area contributed by atoms with Crippen LogP contribution in [0.25, 0.3) is 0 Å². The summed E-state index contributed by atoms with van der Waals surface area (Å²) < 4.78 is 5.42. The number of hydrogen-bond acceptors (Lipinski definition) is 3. The minimum atomic E-state index is -0.594.